The molecule has 0 aromatic rings. The van der Waals surface area contributed by atoms with Crippen molar-refractivity contribution >= 4 is 29.4 Å². The second kappa shape index (κ2) is 7.54. The van der Waals surface area contributed by atoms with Crippen LogP contribution >= 0.6 is 23.5 Å². The second-order valence-corrected chi connectivity index (χ2v) is 7.33. The quantitative estimate of drug-likeness (QED) is 0.812. The Morgan fingerprint density at radius 3 is 2.82 bits per heavy atom. The first-order valence-corrected chi connectivity index (χ1v) is 8.71. The first kappa shape index (κ1) is 13.6. The van der Waals surface area contributed by atoms with Gasteiger partial charge in [-0.3, -0.25) is 4.79 Å². The molecule has 0 aromatic carbocycles. The Hall–Kier alpha value is 0.130. The minimum Gasteiger partial charge on any atom is -0.355 e. The van der Waals surface area contributed by atoms with Crippen molar-refractivity contribution in [3.05, 3.63) is 0 Å². The molecular weight excluding hydrogens is 252 g/mol. The van der Waals surface area contributed by atoms with E-state index in [1.807, 2.05) is 23.5 Å². The van der Waals surface area contributed by atoms with Gasteiger partial charge in [0.2, 0.25) is 5.91 Å². The van der Waals surface area contributed by atoms with Gasteiger partial charge < -0.3 is 10.6 Å². The van der Waals surface area contributed by atoms with Crippen LogP contribution in [0, 0.1) is 5.92 Å². The van der Waals surface area contributed by atoms with Gasteiger partial charge in [0.05, 0.1) is 0 Å². The van der Waals surface area contributed by atoms with E-state index in [2.05, 4.69) is 10.6 Å². The molecule has 2 fully saturated rings. The molecule has 2 aliphatic rings. The van der Waals surface area contributed by atoms with Crippen LogP contribution in [0.1, 0.15) is 19.3 Å². The Bertz CT molecular complexity index is 239. The van der Waals surface area contributed by atoms with Gasteiger partial charge in [-0.1, -0.05) is 0 Å². The van der Waals surface area contributed by atoms with Gasteiger partial charge in [0, 0.05) is 35.5 Å². The van der Waals surface area contributed by atoms with Crippen LogP contribution in [0.25, 0.3) is 0 Å². The maximum absolute atomic E-state index is 11.8. The Morgan fingerprint density at radius 2 is 2.12 bits per heavy atom. The summed E-state index contributed by atoms with van der Waals surface area (Å²) in [5.74, 6) is 4.56. The summed E-state index contributed by atoms with van der Waals surface area (Å²) in [4.78, 5) is 11.8. The van der Waals surface area contributed by atoms with Gasteiger partial charge in [0.15, 0.2) is 0 Å². The average molecular weight is 274 g/mol. The van der Waals surface area contributed by atoms with Crippen molar-refractivity contribution < 1.29 is 4.79 Å². The van der Waals surface area contributed by atoms with Crippen molar-refractivity contribution in [3.8, 4) is 0 Å². The largest absolute Gasteiger partial charge is 0.355 e. The predicted molar refractivity (Wildman–Crippen MR) is 76.8 cm³/mol. The number of thioether (sulfide) groups is 2. The minimum atomic E-state index is 0.257. The summed E-state index contributed by atoms with van der Waals surface area (Å²) in [7, 11) is 0. The van der Waals surface area contributed by atoms with Gasteiger partial charge in [-0.15, -0.1) is 0 Å². The van der Waals surface area contributed by atoms with Crippen LogP contribution in [0.4, 0.5) is 0 Å². The van der Waals surface area contributed by atoms with E-state index in [0.29, 0.717) is 11.2 Å². The van der Waals surface area contributed by atoms with E-state index in [1.54, 1.807) is 0 Å². The molecule has 0 spiro atoms. The lowest BCUT2D eigenvalue weighted by Gasteiger charge is -2.24. The normalized spacial score (nSPS) is 26.7. The lowest BCUT2D eigenvalue weighted by Crippen LogP contribution is -2.36. The minimum absolute atomic E-state index is 0.257. The third kappa shape index (κ3) is 5.10. The number of nitrogens with one attached hydrogen (secondary N) is 2. The van der Waals surface area contributed by atoms with Crippen molar-refractivity contribution in [2.24, 2.45) is 5.92 Å². The fourth-order valence-electron chi connectivity index (χ4n) is 2.30. The van der Waals surface area contributed by atoms with Gasteiger partial charge >= 0.3 is 0 Å². The molecule has 1 atom stereocenters. The summed E-state index contributed by atoms with van der Waals surface area (Å²) in [6, 6.07) is 0. The van der Waals surface area contributed by atoms with Gasteiger partial charge in [0.1, 0.15) is 0 Å². The molecule has 3 nitrogen and oxygen atoms in total. The van der Waals surface area contributed by atoms with Gasteiger partial charge in [-0.2, -0.15) is 23.5 Å². The molecular formula is C12H22N2OS2. The Balaban J connectivity index is 1.59. The van der Waals surface area contributed by atoms with Crippen molar-refractivity contribution in [1.82, 2.24) is 10.6 Å². The molecule has 17 heavy (non-hydrogen) atoms. The molecule has 2 N–H and O–H groups in total. The Kier molecular flexibility index (Phi) is 6.01. The molecule has 0 bridgehead atoms. The van der Waals surface area contributed by atoms with Crippen LogP contribution in [0.3, 0.4) is 0 Å². The summed E-state index contributed by atoms with van der Waals surface area (Å²) in [5, 5.41) is 7.07. The van der Waals surface area contributed by atoms with E-state index in [0.717, 1.165) is 38.9 Å². The third-order valence-electron chi connectivity index (χ3n) is 3.34. The van der Waals surface area contributed by atoms with E-state index in [9.17, 15) is 4.79 Å². The predicted octanol–water partition coefficient (Wildman–Crippen LogP) is 1.34. The molecule has 2 saturated heterocycles. The lowest BCUT2D eigenvalue weighted by atomic mass is 9.94. The summed E-state index contributed by atoms with van der Waals surface area (Å²) in [5.41, 5.74) is 0. The van der Waals surface area contributed by atoms with Crippen LogP contribution < -0.4 is 10.6 Å². The number of carbonyl (C=O) groups is 1. The standard InChI is InChI=1S/C12H22N2OS2/c15-12(7-10-1-3-13-4-2-10)14-8-11-9-16-5-6-17-11/h10-11,13H,1-9H2,(H,14,15). The van der Waals surface area contributed by atoms with Crippen molar-refractivity contribution in [3.63, 3.8) is 0 Å². The highest BCUT2D eigenvalue weighted by Gasteiger charge is 2.18. The number of hydrogen-bond acceptors (Lipinski definition) is 4. The van der Waals surface area contributed by atoms with Crippen LogP contribution in [-0.4, -0.2) is 48.0 Å². The van der Waals surface area contributed by atoms with E-state index in [4.69, 9.17) is 0 Å². The maximum Gasteiger partial charge on any atom is 0.220 e. The summed E-state index contributed by atoms with van der Waals surface area (Å²) in [6.45, 7) is 3.02. The monoisotopic (exact) mass is 274 g/mol. The van der Waals surface area contributed by atoms with Gasteiger partial charge in [0.25, 0.3) is 0 Å². The molecule has 1 unspecified atom stereocenters. The van der Waals surface area contributed by atoms with Crippen molar-refractivity contribution in [2.45, 2.75) is 24.5 Å². The smallest absolute Gasteiger partial charge is 0.220 e. The van der Waals surface area contributed by atoms with E-state index >= 15 is 0 Å². The molecule has 2 aliphatic heterocycles. The fourth-order valence-corrected chi connectivity index (χ4v) is 4.91. The second-order valence-electron chi connectivity index (χ2n) is 4.77. The Morgan fingerprint density at radius 1 is 1.29 bits per heavy atom. The van der Waals surface area contributed by atoms with Crippen LogP contribution in [0.15, 0.2) is 0 Å². The van der Waals surface area contributed by atoms with Gasteiger partial charge in [-0.25, -0.2) is 0 Å². The van der Waals surface area contributed by atoms with E-state index in [1.165, 1.54) is 17.3 Å². The molecule has 98 valence electrons. The summed E-state index contributed by atoms with van der Waals surface area (Å²) in [6.07, 6.45) is 3.04. The van der Waals surface area contributed by atoms with Gasteiger partial charge in [-0.05, 0) is 31.8 Å². The summed E-state index contributed by atoms with van der Waals surface area (Å²) < 4.78 is 0. The molecule has 2 rings (SSSR count). The highest BCUT2D eigenvalue weighted by Crippen LogP contribution is 2.23. The number of amides is 1. The lowest BCUT2D eigenvalue weighted by molar-refractivity contribution is -0.122. The molecule has 1 amide bonds. The summed E-state index contributed by atoms with van der Waals surface area (Å²) >= 11 is 4.02. The molecule has 2 heterocycles. The average Bonchev–Trinajstić information content (AvgIpc) is 2.39. The topological polar surface area (TPSA) is 41.1 Å². The first-order chi connectivity index (χ1) is 8.34. The number of rotatable bonds is 4. The SMILES string of the molecule is O=C(CC1CCNCC1)NCC1CSCCS1. The number of piperidine rings is 1. The van der Waals surface area contributed by atoms with Crippen molar-refractivity contribution in [2.75, 3.05) is 36.9 Å². The van der Waals surface area contributed by atoms with Crippen LogP contribution in [0.2, 0.25) is 0 Å². The highest BCUT2D eigenvalue weighted by atomic mass is 32.2. The zero-order valence-corrected chi connectivity index (χ0v) is 11.9. The maximum atomic E-state index is 11.8. The first-order valence-electron chi connectivity index (χ1n) is 6.51. The molecule has 0 radical (unpaired) electrons. The molecule has 0 aromatic heterocycles. The fraction of sp³-hybridized carbons (Fsp3) is 0.917. The number of carbonyl (C=O) groups excluding carboxylic acids is 1. The number of hydrogen-bond donors (Lipinski definition) is 2. The third-order valence-corrected chi connectivity index (χ3v) is 6.19. The molecule has 0 aliphatic carbocycles. The Labute approximate surface area is 112 Å². The van der Waals surface area contributed by atoms with E-state index < -0.39 is 0 Å². The van der Waals surface area contributed by atoms with E-state index in [-0.39, 0.29) is 5.91 Å². The van der Waals surface area contributed by atoms with Crippen LogP contribution in [-0.2, 0) is 4.79 Å². The molecule has 5 heteroatoms. The highest BCUT2D eigenvalue weighted by molar-refractivity contribution is 8.06. The van der Waals surface area contributed by atoms with Crippen molar-refractivity contribution in [1.29, 1.82) is 0 Å². The zero-order chi connectivity index (χ0) is 11.9. The van der Waals surface area contributed by atoms with Crippen LogP contribution in [0.5, 0.6) is 0 Å². The molecule has 0 saturated carbocycles. The zero-order valence-electron chi connectivity index (χ0n) is 10.2.